The second-order valence-electron chi connectivity index (χ2n) is 5.16. The minimum absolute atomic E-state index is 0.121. The number of nitrogens with one attached hydrogen (secondary N) is 1. The topological polar surface area (TPSA) is 80.9 Å². The number of rotatable bonds is 6. The predicted octanol–water partition coefficient (Wildman–Crippen LogP) is 2.52. The number of amides is 1. The lowest BCUT2D eigenvalue weighted by Crippen LogP contribution is -2.23. The zero-order chi connectivity index (χ0) is 16.8. The molecule has 2 heterocycles. The molecule has 24 heavy (non-hydrogen) atoms. The Kier molecular flexibility index (Phi) is 4.90. The van der Waals surface area contributed by atoms with Crippen LogP contribution in [0.15, 0.2) is 53.3 Å². The number of hydrogen-bond donors (Lipinski definition) is 1. The highest BCUT2D eigenvalue weighted by Gasteiger charge is 2.11. The minimum Gasteiger partial charge on any atom is -0.352 e. The summed E-state index contributed by atoms with van der Waals surface area (Å²) in [5.74, 6) is 0.157. The molecule has 7 heteroatoms. The van der Waals surface area contributed by atoms with Crippen LogP contribution in [0.2, 0.25) is 0 Å². The summed E-state index contributed by atoms with van der Waals surface area (Å²) in [4.78, 5) is 20.0. The second-order valence-corrected chi connectivity index (χ2v) is 5.16. The maximum absolute atomic E-state index is 13.2. The molecule has 0 aliphatic heterocycles. The van der Waals surface area contributed by atoms with E-state index in [4.69, 9.17) is 4.52 Å². The van der Waals surface area contributed by atoms with Gasteiger partial charge in [0, 0.05) is 37.3 Å². The number of hydrogen-bond acceptors (Lipinski definition) is 5. The molecule has 0 bridgehead atoms. The highest BCUT2D eigenvalue weighted by Crippen LogP contribution is 2.17. The Morgan fingerprint density at radius 2 is 2.17 bits per heavy atom. The molecule has 1 amide bonds. The minimum atomic E-state index is -0.367. The van der Waals surface area contributed by atoms with Crippen LogP contribution in [0.5, 0.6) is 0 Å². The van der Waals surface area contributed by atoms with Gasteiger partial charge in [0.05, 0.1) is 0 Å². The summed E-state index contributed by atoms with van der Waals surface area (Å²) < 4.78 is 18.3. The first-order valence-corrected chi connectivity index (χ1v) is 7.45. The van der Waals surface area contributed by atoms with Crippen molar-refractivity contribution in [3.63, 3.8) is 0 Å². The molecular weight excluding hydrogens is 311 g/mol. The van der Waals surface area contributed by atoms with Gasteiger partial charge in [-0.25, -0.2) is 4.39 Å². The fraction of sp³-hybridized carbons (Fsp3) is 0.176. The summed E-state index contributed by atoms with van der Waals surface area (Å²) in [6, 6.07) is 9.64. The molecule has 0 atom stereocenters. The standard InChI is InChI=1S/C17H15FN4O2/c18-14-5-1-4-13(9-14)17-21-16(24-22-17)7-6-15(23)20-11-12-3-2-8-19-10-12/h1-5,8-10H,6-7,11H2,(H,20,23). The second kappa shape index (κ2) is 7.45. The molecule has 0 saturated carbocycles. The maximum Gasteiger partial charge on any atom is 0.227 e. The number of nitrogens with zero attached hydrogens (tertiary/aromatic N) is 3. The van der Waals surface area contributed by atoms with Crippen LogP contribution in [0.1, 0.15) is 17.9 Å². The van der Waals surface area contributed by atoms with Crippen LogP contribution in [-0.2, 0) is 17.8 Å². The van der Waals surface area contributed by atoms with Gasteiger partial charge in [-0.3, -0.25) is 9.78 Å². The van der Waals surface area contributed by atoms with E-state index in [0.29, 0.717) is 30.2 Å². The Hall–Kier alpha value is -3.09. The Bertz CT molecular complexity index is 820. The van der Waals surface area contributed by atoms with Gasteiger partial charge in [0.15, 0.2) is 0 Å². The van der Waals surface area contributed by atoms with E-state index < -0.39 is 0 Å². The summed E-state index contributed by atoms with van der Waals surface area (Å²) in [7, 11) is 0. The SMILES string of the molecule is O=C(CCc1nc(-c2cccc(F)c2)no1)NCc1cccnc1. The van der Waals surface area contributed by atoms with E-state index in [0.717, 1.165) is 5.56 Å². The van der Waals surface area contributed by atoms with Crippen LogP contribution in [0.4, 0.5) is 4.39 Å². The molecule has 0 radical (unpaired) electrons. The van der Waals surface area contributed by atoms with E-state index in [1.165, 1.54) is 12.1 Å². The molecule has 0 fully saturated rings. The van der Waals surface area contributed by atoms with Crippen molar-refractivity contribution in [3.05, 3.63) is 66.1 Å². The van der Waals surface area contributed by atoms with Gasteiger partial charge in [0.1, 0.15) is 5.82 Å². The van der Waals surface area contributed by atoms with E-state index >= 15 is 0 Å². The van der Waals surface area contributed by atoms with E-state index in [1.807, 2.05) is 12.1 Å². The number of pyridine rings is 1. The molecule has 2 aromatic heterocycles. The van der Waals surface area contributed by atoms with Crippen LogP contribution in [-0.4, -0.2) is 21.0 Å². The van der Waals surface area contributed by atoms with Crippen molar-refractivity contribution in [2.24, 2.45) is 0 Å². The first kappa shape index (κ1) is 15.8. The fourth-order valence-corrected chi connectivity index (χ4v) is 2.11. The Morgan fingerprint density at radius 3 is 2.96 bits per heavy atom. The molecular formula is C17H15FN4O2. The number of carbonyl (C=O) groups is 1. The van der Waals surface area contributed by atoms with Crippen molar-refractivity contribution < 1.29 is 13.7 Å². The highest BCUT2D eigenvalue weighted by atomic mass is 19.1. The molecule has 0 spiro atoms. The van der Waals surface area contributed by atoms with Crippen molar-refractivity contribution in [1.82, 2.24) is 20.4 Å². The largest absolute Gasteiger partial charge is 0.352 e. The molecule has 3 aromatic rings. The van der Waals surface area contributed by atoms with Gasteiger partial charge in [-0.1, -0.05) is 23.4 Å². The molecule has 0 saturated heterocycles. The van der Waals surface area contributed by atoms with Gasteiger partial charge < -0.3 is 9.84 Å². The molecule has 0 unspecified atom stereocenters. The third-order valence-corrected chi connectivity index (χ3v) is 3.33. The van der Waals surface area contributed by atoms with Crippen LogP contribution in [0.25, 0.3) is 11.4 Å². The van der Waals surface area contributed by atoms with E-state index in [9.17, 15) is 9.18 Å². The average Bonchev–Trinajstić information content (AvgIpc) is 3.08. The summed E-state index contributed by atoms with van der Waals surface area (Å²) >= 11 is 0. The van der Waals surface area contributed by atoms with E-state index in [1.54, 1.807) is 24.5 Å². The van der Waals surface area contributed by atoms with Gasteiger partial charge in [-0.05, 0) is 23.8 Å². The Balaban J connectivity index is 1.51. The first-order chi connectivity index (χ1) is 11.7. The number of carbonyl (C=O) groups excluding carboxylic acids is 1. The molecule has 1 aromatic carbocycles. The number of aryl methyl sites for hydroxylation is 1. The van der Waals surface area contributed by atoms with Gasteiger partial charge in [-0.2, -0.15) is 4.98 Å². The van der Waals surface area contributed by atoms with Crippen molar-refractivity contribution in [2.45, 2.75) is 19.4 Å². The zero-order valence-corrected chi connectivity index (χ0v) is 12.8. The van der Waals surface area contributed by atoms with Gasteiger partial charge in [-0.15, -0.1) is 0 Å². The molecule has 3 rings (SSSR count). The quantitative estimate of drug-likeness (QED) is 0.753. The summed E-state index contributed by atoms with van der Waals surface area (Å²) in [6.45, 7) is 0.422. The number of benzene rings is 1. The van der Waals surface area contributed by atoms with Gasteiger partial charge in [0.2, 0.25) is 17.6 Å². The molecule has 0 aliphatic carbocycles. The molecule has 0 aliphatic rings. The fourth-order valence-electron chi connectivity index (χ4n) is 2.11. The number of aromatic nitrogens is 3. The normalized spacial score (nSPS) is 10.5. The van der Waals surface area contributed by atoms with Crippen molar-refractivity contribution >= 4 is 5.91 Å². The lowest BCUT2D eigenvalue weighted by Gasteiger charge is -2.03. The zero-order valence-electron chi connectivity index (χ0n) is 12.8. The predicted molar refractivity (Wildman–Crippen MR) is 84.1 cm³/mol. The molecule has 122 valence electrons. The maximum atomic E-state index is 13.2. The third-order valence-electron chi connectivity index (χ3n) is 3.33. The van der Waals surface area contributed by atoms with Gasteiger partial charge in [0.25, 0.3) is 0 Å². The van der Waals surface area contributed by atoms with Crippen molar-refractivity contribution in [1.29, 1.82) is 0 Å². The van der Waals surface area contributed by atoms with Crippen LogP contribution in [0.3, 0.4) is 0 Å². The lowest BCUT2D eigenvalue weighted by molar-refractivity contribution is -0.121. The lowest BCUT2D eigenvalue weighted by atomic mass is 10.2. The Morgan fingerprint density at radius 1 is 1.25 bits per heavy atom. The van der Waals surface area contributed by atoms with Crippen LogP contribution < -0.4 is 5.32 Å². The summed E-state index contributed by atoms with van der Waals surface area (Å²) in [6.07, 6.45) is 3.92. The average molecular weight is 326 g/mol. The van der Waals surface area contributed by atoms with Crippen LogP contribution >= 0.6 is 0 Å². The first-order valence-electron chi connectivity index (χ1n) is 7.45. The van der Waals surface area contributed by atoms with Crippen molar-refractivity contribution in [2.75, 3.05) is 0 Å². The van der Waals surface area contributed by atoms with Gasteiger partial charge >= 0.3 is 0 Å². The summed E-state index contributed by atoms with van der Waals surface area (Å²) in [5.41, 5.74) is 1.46. The van der Waals surface area contributed by atoms with E-state index in [2.05, 4.69) is 20.4 Å². The summed E-state index contributed by atoms with van der Waals surface area (Å²) in [5, 5.41) is 6.60. The van der Waals surface area contributed by atoms with Crippen molar-refractivity contribution in [3.8, 4) is 11.4 Å². The smallest absolute Gasteiger partial charge is 0.227 e. The van der Waals surface area contributed by atoms with E-state index in [-0.39, 0.29) is 18.1 Å². The number of halogens is 1. The molecule has 1 N–H and O–H groups in total. The highest BCUT2D eigenvalue weighted by molar-refractivity contribution is 5.76. The molecule has 6 nitrogen and oxygen atoms in total. The monoisotopic (exact) mass is 326 g/mol. The van der Waals surface area contributed by atoms with Crippen LogP contribution in [0, 0.1) is 5.82 Å². The Labute approximate surface area is 137 Å². The third kappa shape index (κ3) is 4.22.